The van der Waals surface area contributed by atoms with E-state index in [4.69, 9.17) is 4.42 Å². The Labute approximate surface area is 153 Å². The Morgan fingerprint density at radius 3 is 2.73 bits per heavy atom. The number of aryl methyl sites for hydroxylation is 1. The molecule has 2 N–H and O–H groups in total. The van der Waals surface area contributed by atoms with Crippen molar-refractivity contribution in [3.8, 4) is 0 Å². The molecule has 1 aliphatic carbocycles. The Bertz CT molecular complexity index is 801. The molecule has 2 aromatic rings. The maximum atomic E-state index is 12.2. The third-order valence-electron chi connectivity index (χ3n) is 4.55. The summed E-state index contributed by atoms with van der Waals surface area (Å²) in [7, 11) is 0. The van der Waals surface area contributed by atoms with Crippen molar-refractivity contribution in [2.75, 3.05) is 5.32 Å². The highest BCUT2D eigenvalue weighted by Gasteiger charge is 2.22. The minimum Gasteiger partial charge on any atom is -0.462 e. The molecular weight excluding hydrogens is 328 g/mol. The number of hydrogen-bond acceptors (Lipinski definition) is 3. The van der Waals surface area contributed by atoms with E-state index in [1.54, 1.807) is 6.08 Å². The summed E-state index contributed by atoms with van der Waals surface area (Å²) < 4.78 is 5.38. The van der Waals surface area contributed by atoms with Crippen molar-refractivity contribution < 1.29 is 14.0 Å². The zero-order chi connectivity index (χ0) is 18.4. The van der Waals surface area contributed by atoms with Gasteiger partial charge in [-0.3, -0.25) is 9.59 Å². The molecule has 0 aliphatic heterocycles. The number of benzene rings is 1. The fourth-order valence-electron chi connectivity index (χ4n) is 3.14. The Balaban J connectivity index is 1.50. The number of furan rings is 1. The van der Waals surface area contributed by atoms with Gasteiger partial charge in [-0.1, -0.05) is 25.0 Å². The molecule has 1 saturated carbocycles. The molecule has 3 rings (SSSR count). The average molecular weight is 352 g/mol. The number of rotatable bonds is 6. The fraction of sp³-hybridized carbons (Fsp3) is 0.333. The molecule has 1 aromatic heterocycles. The molecule has 1 aromatic carbocycles. The third-order valence-corrected chi connectivity index (χ3v) is 4.55. The number of hydrogen-bond donors (Lipinski definition) is 2. The van der Waals surface area contributed by atoms with E-state index < -0.39 is 0 Å². The van der Waals surface area contributed by atoms with E-state index in [1.165, 1.54) is 6.08 Å². The Hall–Kier alpha value is -2.82. The molecule has 1 heterocycles. The zero-order valence-electron chi connectivity index (χ0n) is 15.0. The van der Waals surface area contributed by atoms with E-state index in [-0.39, 0.29) is 17.7 Å². The quantitative estimate of drug-likeness (QED) is 0.771. The molecule has 0 radical (unpaired) electrons. The van der Waals surface area contributed by atoms with Crippen LogP contribution in [0.1, 0.15) is 42.8 Å². The van der Waals surface area contributed by atoms with Gasteiger partial charge in [0.25, 0.3) is 0 Å². The topological polar surface area (TPSA) is 71.3 Å². The van der Waals surface area contributed by atoms with Gasteiger partial charge in [0.15, 0.2) is 0 Å². The van der Waals surface area contributed by atoms with Crippen molar-refractivity contribution in [2.24, 2.45) is 5.92 Å². The van der Waals surface area contributed by atoms with Crippen LogP contribution in [0.2, 0.25) is 0 Å². The van der Waals surface area contributed by atoms with Gasteiger partial charge in [-0.15, -0.1) is 0 Å². The smallest absolute Gasteiger partial charge is 0.244 e. The maximum absolute atomic E-state index is 12.2. The molecule has 5 heteroatoms. The monoisotopic (exact) mass is 352 g/mol. The highest BCUT2D eigenvalue weighted by Crippen LogP contribution is 2.26. The first-order valence-electron chi connectivity index (χ1n) is 9.02. The van der Waals surface area contributed by atoms with E-state index in [9.17, 15) is 9.59 Å². The molecule has 0 bridgehead atoms. The summed E-state index contributed by atoms with van der Waals surface area (Å²) >= 11 is 0. The van der Waals surface area contributed by atoms with Crippen LogP contribution < -0.4 is 10.6 Å². The van der Waals surface area contributed by atoms with Gasteiger partial charge in [-0.25, -0.2) is 0 Å². The van der Waals surface area contributed by atoms with Crippen LogP contribution in [0.25, 0.3) is 6.08 Å². The van der Waals surface area contributed by atoms with Crippen LogP contribution in [-0.4, -0.2) is 11.8 Å². The molecule has 26 heavy (non-hydrogen) atoms. The van der Waals surface area contributed by atoms with E-state index in [1.807, 2.05) is 43.3 Å². The number of amides is 2. The summed E-state index contributed by atoms with van der Waals surface area (Å²) in [6, 6.07) is 11.2. The first kappa shape index (κ1) is 18.0. The average Bonchev–Trinajstić information content (AvgIpc) is 3.30. The first-order chi connectivity index (χ1) is 12.6. The standard InChI is InChI=1S/C21H24N2O3/c1-15-9-10-19(26-15)11-12-20(24)22-14-16-5-4-8-18(13-16)23-21(25)17-6-2-3-7-17/h4-5,8-13,17H,2-3,6-7,14H2,1H3,(H,22,24)(H,23,25). The van der Waals surface area contributed by atoms with Crippen molar-refractivity contribution in [3.63, 3.8) is 0 Å². The van der Waals surface area contributed by atoms with Crippen molar-refractivity contribution in [3.05, 3.63) is 59.6 Å². The summed E-state index contributed by atoms with van der Waals surface area (Å²) in [5.41, 5.74) is 1.71. The van der Waals surface area contributed by atoms with Gasteiger partial charge in [0, 0.05) is 24.2 Å². The molecule has 0 unspecified atom stereocenters. The van der Waals surface area contributed by atoms with Crippen LogP contribution in [0.3, 0.4) is 0 Å². The van der Waals surface area contributed by atoms with Crippen LogP contribution in [0.5, 0.6) is 0 Å². The Morgan fingerprint density at radius 1 is 1.19 bits per heavy atom. The molecule has 1 aliphatic rings. The van der Waals surface area contributed by atoms with Gasteiger partial charge < -0.3 is 15.1 Å². The van der Waals surface area contributed by atoms with Crippen LogP contribution in [0, 0.1) is 12.8 Å². The number of nitrogens with one attached hydrogen (secondary N) is 2. The predicted molar refractivity (Wildman–Crippen MR) is 101 cm³/mol. The lowest BCUT2D eigenvalue weighted by Crippen LogP contribution is -2.21. The van der Waals surface area contributed by atoms with Crippen molar-refractivity contribution in [1.82, 2.24) is 5.32 Å². The van der Waals surface area contributed by atoms with Crippen LogP contribution in [0.4, 0.5) is 5.69 Å². The number of carbonyl (C=O) groups is 2. The molecular formula is C21H24N2O3. The lowest BCUT2D eigenvalue weighted by Gasteiger charge is -2.11. The lowest BCUT2D eigenvalue weighted by molar-refractivity contribution is -0.119. The molecule has 0 saturated heterocycles. The highest BCUT2D eigenvalue weighted by atomic mass is 16.3. The second-order valence-corrected chi connectivity index (χ2v) is 6.67. The molecule has 136 valence electrons. The Morgan fingerprint density at radius 2 is 2.00 bits per heavy atom. The molecule has 1 fully saturated rings. The summed E-state index contributed by atoms with van der Waals surface area (Å²) in [5, 5.41) is 5.81. The van der Waals surface area contributed by atoms with Gasteiger partial charge in [0.05, 0.1) is 0 Å². The fourth-order valence-corrected chi connectivity index (χ4v) is 3.14. The summed E-state index contributed by atoms with van der Waals surface area (Å²) in [6.07, 6.45) is 7.31. The van der Waals surface area contributed by atoms with E-state index >= 15 is 0 Å². The maximum Gasteiger partial charge on any atom is 0.244 e. The molecule has 0 atom stereocenters. The molecule has 5 nitrogen and oxygen atoms in total. The van der Waals surface area contributed by atoms with Crippen LogP contribution in [-0.2, 0) is 16.1 Å². The second-order valence-electron chi connectivity index (χ2n) is 6.67. The first-order valence-corrected chi connectivity index (χ1v) is 9.02. The predicted octanol–water partition coefficient (Wildman–Crippen LogP) is 4.05. The van der Waals surface area contributed by atoms with E-state index in [0.29, 0.717) is 12.3 Å². The minimum atomic E-state index is -0.195. The third kappa shape index (κ3) is 5.09. The largest absolute Gasteiger partial charge is 0.462 e. The van der Waals surface area contributed by atoms with Gasteiger partial charge in [0.1, 0.15) is 11.5 Å². The van der Waals surface area contributed by atoms with Gasteiger partial charge >= 0.3 is 0 Å². The van der Waals surface area contributed by atoms with E-state index in [0.717, 1.165) is 42.7 Å². The normalized spacial score (nSPS) is 14.7. The summed E-state index contributed by atoms with van der Waals surface area (Å²) in [6.45, 7) is 2.25. The second kappa shape index (κ2) is 8.52. The van der Waals surface area contributed by atoms with Crippen molar-refractivity contribution >= 4 is 23.6 Å². The van der Waals surface area contributed by atoms with Crippen molar-refractivity contribution in [1.29, 1.82) is 0 Å². The lowest BCUT2D eigenvalue weighted by atomic mass is 10.1. The number of anilines is 1. The highest BCUT2D eigenvalue weighted by molar-refractivity contribution is 5.93. The van der Waals surface area contributed by atoms with Crippen LogP contribution >= 0.6 is 0 Å². The summed E-state index contributed by atoms with van der Waals surface area (Å²) in [5.74, 6) is 1.49. The molecule has 2 amide bonds. The molecule has 0 spiro atoms. The van der Waals surface area contributed by atoms with Gasteiger partial charge in [-0.2, -0.15) is 0 Å². The van der Waals surface area contributed by atoms with Crippen LogP contribution in [0.15, 0.2) is 46.9 Å². The van der Waals surface area contributed by atoms with Gasteiger partial charge in [0.2, 0.25) is 11.8 Å². The number of carbonyl (C=O) groups excluding carboxylic acids is 2. The van der Waals surface area contributed by atoms with Gasteiger partial charge in [-0.05, 0) is 55.7 Å². The minimum absolute atomic E-state index is 0.0976. The summed E-state index contributed by atoms with van der Waals surface area (Å²) in [4.78, 5) is 24.1. The van der Waals surface area contributed by atoms with Crippen molar-refractivity contribution in [2.45, 2.75) is 39.2 Å². The SMILES string of the molecule is Cc1ccc(C=CC(=O)NCc2cccc(NC(=O)C3CCCC3)c2)o1. The Kier molecular flexibility index (Phi) is 5.89. The van der Waals surface area contributed by atoms with E-state index in [2.05, 4.69) is 10.6 Å². The zero-order valence-corrected chi connectivity index (χ0v) is 15.0.